The Morgan fingerprint density at radius 3 is 2.62 bits per heavy atom. The Kier molecular flexibility index (Phi) is 4.14. The molecule has 4 rings (SSSR count). The van der Waals surface area contributed by atoms with Gasteiger partial charge in [0.15, 0.2) is 4.96 Å². The van der Waals surface area contributed by atoms with Crippen LogP contribution in [0.3, 0.4) is 0 Å². The zero-order valence-corrected chi connectivity index (χ0v) is 15.4. The van der Waals surface area contributed by atoms with Crippen LogP contribution in [0.2, 0.25) is 0 Å². The van der Waals surface area contributed by atoms with Crippen molar-refractivity contribution in [1.29, 1.82) is 0 Å². The number of fused-ring (bicyclic) bond motifs is 1. The second kappa shape index (κ2) is 6.47. The van der Waals surface area contributed by atoms with Crippen LogP contribution < -0.4 is 9.46 Å². The minimum Gasteiger partial charge on any atom is -0.497 e. The van der Waals surface area contributed by atoms with Crippen LogP contribution in [0, 0.1) is 0 Å². The number of nitrogens with one attached hydrogen (secondary N) is 1. The standard InChI is InChI=1S/C18H15N3O3S2/c1-24-13-6-8-14(9-7-13)26(22,23)20-16-5-3-2-4-15(16)17-12-21-10-11-25-18(21)19-17/h2-12,20H,1H3. The summed E-state index contributed by atoms with van der Waals surface area (Å²) in [6, 6.07) is 13.5. The molecule has 4 aromatic rings. The molecule has 26 heavy (non-hydrogen) atoms. The smallest absolute Gasteiger partial charge is 0.261 e. The number of thiazole rings is 1. The molecule has 0 fully saturated rings. The quantitative estimate of drug-likeness (QED) is 0.566. The lowest BCUT2D eigenvalue weighted by Crippen LogP contribution is -2.13. The highest BCUT2D eigenvalue weighted by Crippen LogP contribution is 2.30. The van der Waals surface area contributed by atoms with Gasteiger partial charge in [0.25, 0.3) is 10.0 Å². The van der Waals surface area contributed by atoms with Crippen molar-refractivity contribution in [2.24, 2.45) is 0 Å². The highest BCUT2D eigenvalue weighted by atomic mass is 32.2. The fourth-order valence-corrected chi connectivity index (χ4v) is 4.39. The van der Waals surface area contributed by atoms with Crippen LogP contribution in [0.15, 0.2) is 71.2 Å². The third-order valence-corrected chi connectivity index (χ3v) is 6.06. The van der Waals surface area contributed by atoms with Gasteiger partial charge in [0, 0.05) is 23.3 Å². The number of nitrogens with zero attached hydrogens (tertiary/aromatic N) is 2. The number of methoxy groups -OCH3 is 1. The lowest BCUT2D eigenvalue weighted by atomic mass is 10.1. The van der Waals surface area contributed by atoms with E-state index >= 15 is 0 Å². The van der Waals surface area contributed by atoms with Gasteiger partial charge in [0.2, 0.25) is 0 Å². The third-order valence-electron chi connectivity index (χ3n) is 3.91. The largest absolute Gasteiger partial charge is 0.497 e. The molecule has 1 N–H and O–H groups in total. The van der Waals surface area contributed by atoms with Crippen LogP contribution in [0.5, 0.6) is 5.75 Å². The maximum Gasteiger partial charge on any atom is 0.261 e. The van der Waals surface area contributed by atoms with Crippen LogP contribution in [-0.2, 0) is 10.0 Å². The first-order valence-corrected chi connectivity index (χ1v) is 10.1. The van der Waals surface area contributed by atoms with E-state index in [1.54, 1.807) is 24.3 Å². The Morgan fingerprint density at radius 1 is 1.12 bits per heavy atom. The number of para-hydroxylation sites is 1. The zero-order chi connectivity index (χ0) is 18.1. The van der Waals surface area contributed by atoms with Crippen molar-refractivity contribution < 1.29 is 13.2 Å². The van der Waals surface area contributed by atoms with Gasteiger partial charge in [-0.3, -0.25) is 9.12 Å². The topological polar surface area (TPSA) is 72.7 Å². The molecule has 8 heteroatoms. The number of aromatic nitrogens is 2. The van der Waals surface area contributed by atoms with E-state index in [0.29, 0.717) is 17.1 Å². The fourth-order valence-electron chi connectivity index (χ4n) is 2.61. The lowest BCUT2D eigenvalue weighted by Gasteiger charge is -2.12. The summed E-state index contributed by atoms with van der Waals surface area (Å²) >= 11 is 1.52. The van der Waals surface area contributed by atoms with Crippen LogP contribution in [0.4, 0.5) is 5.69 Å². The molecule has 132 valence electrons. The minimum absolute atomic E-state index is 0.166. The molecule has 2 aromatic heterocycles. The van der Waals surface area contributed by atoms with E-state index in [-0.39, 0.29) is 4.90 Å². The minimum atomic E-state index is -3.72. The summed E-state index contributed by atoms with van der Waals surface area (Å²) in [5, 5.41) is 1.95. The number of imidazole rings is 1. The number of anilines is 1. The van der Waals surface area contributed by atoms with Crippen molar-refractivity contribution in [3.05, 3.63) is 66.3 Å². The van der Waals surface area contributed by atoms with E-state index in [1.807, 2.05) is 34.3 Å². The van der Waals surface area contributed by atoms with Crippen LogP contribution >= 0.6 is 11.3 Å². The van der Waals surface area contributed by atoms with Gasteiger partial charge in [-0.05, 0) is 30.3 Å². The number of hydrogen-bond acceptors (Lipinski definition) is 5. The molecule has 0 bridgehead atoms. The van der Waals surface area contributed by atoms with E-state index in [0.717, 1.165) is 10.5 Å². The molecule has 0 amide bonds. The molecular weight excluding hydrogens is 370 g/mol. The molecule has 2 heterocycles. The molecule has 2 aromatic carbocycles. The molecule has 0 atom stereocenters. The molecule has 0 spiro atoms. The summed E-state index contributed by atoms with van der Waals surface area (Å²) in [4.78, 5) is 5.58. The summed E-state index contributed by atoms with van der Waals surface area (Å²) in [5.74, 6) is 0.599. The van der Waals surface area contributed by atoms with Crippen LogP contribution in [0.1, 0.15) is 0 Å². The first-order valence-electron chi connectivity index (χ1n) is 7.75. The Morgan fingerprint density at radius 2 is 1.88 bits per heavy atom. The average molecular weight is 385 g/mol. The number of rotatable bonds is 5. The molecule has 0 aliphatic rings. The van der Waals surface area contributed by atoms with Crippen molar-refractivity contribution in [3.8, 4) is 17.0 Å². The number of benzene rings is 2. The number of hydrogen-bond donors (Lipinski definition) is 1. The van der Waals surface area contributed by atoms with E-state index in [1.165, 1.54) is 30.6 Å². The summed E-state index contributed by atoms with van der Waals surface area (Å²) < 4.78 is 35.1. The van der Waals surface area contributed by atoms with Crippen molar-refractivity contribution in [3.63, 3.8) is 0 Å². The molecule has 0 unspecified atom stereocenters. The molecule has 0 radical (unpaired) electrons. The van der Waals surface area contributed by atoms with E-state index in [9.17, 15) is 8.42 Å². The van der Waals surface area contributed by atoms with Crippen molar-refractivity contribution in [2.45, 2.75) is 4.90 Å². The molecule has 0 aliphatic heterocycles. The summed E-state index contributed by atoms with van der Waals surface area (Å²) in [6.45, 7) is 0. The Bertz CT molecular complexity index is 1130. The first kappa shape index (κ1) is 16.6. The predicted molar refractivity (Wildman–Crippen MR) is 102 cm³/mol. The van der Waals surface area contributed by atoms with E-state index in [2.05, 4.69) is 9.71 Å². The first-order chi connectivity index (χ1) is 12.6. The summed E-state index contributed by atoms with van der Waals surface area (Å²) in [5.41, 5.74) is 1.92. The molecule has 6 nitrogen and oxygen atoms in total. The van der Waals surface area contributed by atoms with Gasteiger partial charge in [0.1, 0.15) is 5.75 Å². The Hall–Kier alpha value is -2.84. The summed E-state index contributed by atoms with van der Waals surface area (Å²) in [6.07, 6.45) is 3.80. The number of ether oxygens (including phenoxy) is 1. The monoisotopic (exact) mass is 385 g/mol. The fraction of sp³-hybridized carbons (Fsp3) is 0.0556. The zero-order valence-electron chi connectivity index (χ0n) is 13.8. The molecular formula is C18H15N3O3S2. The normalized spacial score (nSPS) is 11.6. The van der Waals surface area contributed by atoms with Crippen LogP contribution in [-0.4, -0.2) is 24.9 Å². The van der Waals surface area contributed by atoms with E-state index < -0.39 is 10.0 Å². The van der Waals surface area contributed by atoms with Gasteiger partial charge in [-0.15, -0.1) is 11.3 Å². The van der Waals surface area contributed by atoms with Crippen molar-refractivity contribution in [1.82, 2.24) is 9.38 Å². The highest BCUT2D eigenvalue weighted by Gasteiger charge is 2.17. The molecule has 0 aliphatic carbocycles. The van der Waals surface area contributed by atoms with Crippen LogP contribution in [0.25, 0.3) is 16.2 Å². The maximum atomic E-state index is 12.7. The molecule has 0 saturated carbocycles. The van der Waals surface area contributed by atoms with Gasteiger partial charge in [-0.1, -0.05) is 18.2 Å². The average Bonchev–Trinajstić information content (AvgIpc) is 3.24. The Labute approximate surface area is 154 Å². The predicted octanol–water partition coefficient (Wildman–Crippen LogP) is 3.87. The van der Waals surface area contributed by atoms with Gasteiger partial charge >= 0.3 is 0 Å². The van der Waals surface area contributed by atoms with E-state index in [4.69, 9.17) is 4.74 Å². The lowest BCUT2D eigenvalue weighted by molar-refractivity contribution is 0.414. The maximum absolute atomic E-state index is 12.7. The second-order valence-electron chi connectivity index (χ2n) is 5.55. The number of sulfonamides is 1. The van der Waals surface area contributed by atoms with Gasteiger partial charge in [-0.25, -0.2) is 13.4 Å². The van der Waals surface area contributed by atoms with Gasteiger partial charge in [0.05, 0.1) is 23.4 Å². The third kappa shape index (κ3) is 3.04. The Balaban J connectivity index is 1.70. The highest BCUT2D eigenvalue weighted by molar-refractivity contribution is 7.92. The van der Waals surface area contributed by atoms with Gasteiger partial charge in [-0.2, -0.15) is 0 Å². The van der Waals surface area contributed by atoms with Crippen molar-refractivity contribution in [2.75, 3.05) is 11.8 Å². The van der Waals surface area contributed by atoms with Gasteiger partial charge < -0.3 is 4.74 Å². The molecule has 0 saturated heterocycles. The SMILES string of the molecule is COc1ccc(S(=O)(=O)Nc2ccccc2-c2cn3ccsc3n2)cc1. The summed E-state index contributed by atoms with van der Waals surface area (Å²) in [7, 11) is -2.19. The second-order valence-corrected chi connectivity index (χ2v) is 8.10. The van der Waals surface area contributed by atoms with Crippen molar-refractivity contribution >= 4 is 32.0 Å².